The van der Waals surface area contributed by atoms with Crippen molar-refractivity contribution in [2.24, 2.45) is 0 Å². The summed E-state index contributed by atoms with van der Waals surface area (Å²) in [7, 11) is -2.63. The molecule has 0 aromatic rings. The van der Waals surface area contributed by atoms with Gasteiger partial charge in [0, 0.05) is 25.4 Å². The third kappa shape index (κ3) is 7.39. The molecular formula is C13H30O3S2Si. The van der Waals surface area contributed by atoms with Crippen molar-refractivity contribution in [1.82, 2.24) is 0 Å². The third-order valence-electron chi connectivity index (χ3n) is 2.72. The lowest BCUT2D eigenvalue weighted by Gasteiger charge is -2.35. The number of hydrogen-bond donors (Lipinski definition) is 2. The van der Waals surface area contributed by atoms with E-state index in [4.69, 9.17) is 13.3 Å². The van der Waals surface area contributed by atoms with Crippen molar-refractivity contribution in [3.8, 4) is 0 Å². The van der Waals surface area contributed by atoms with Gasteiger partial charge < -0.3 is 13.3 Å². The average Bonchev–Trinajstić information content (AvgIpc) is 2.44. The largest absolute Gasteiger partial charge is 0.505 e. The van der Waals surface area contributed by atoms with Gasteiger partial charge in [0.25, 0.3) is 0 Å². The van der Waals surface area contributed by atoms with Crippen molar-refractivity contribution >= 4 is 34.1 Å². The highest BCUT2D eigenvalue weighted by Crippen LogP contribution is 2.31. The molecular weight excluding hydrogens is 296 g/mol. The molecule has 0 amide bonds. The van der Waals surface area contributed by atoms with E-state index in [1.807, 2.05) is 0 Å². The summed E-state index contributed by atoms with van der Waals surface area (Å²) in [4.78, 5) is 0. The maximum Gasteiger partial charge on any atom is 0.505 e. The second kappa shape index (κ2) is 12.5. The van der Waals surface area contributed by atoms with E-state index in [2.05, 4.69) is 46.0 Å². The van der Waals surface area contributed by atoms with Crippen molar-refractivity contribution in [1.29, 1.82) is 0 Å². The zero-order valence-electron chi connectivity index (χ0n) is 12.6. The molecule has 0 spiro atoms. The summed E-state index contributed by atoms with van der Waals surface area (Å²) in [5.41, 5.74) is 0.234. The van der Waals surface area contributed by atoms with E-state index in [-0.39, 0.29) is 5.54 Å². The van der Waals surface area contributed by atoms with Crippen molar-refractivity contribution in [3.63, 3.8) is 0 Å². The lowest BCUT2D eigenvalue weighted by molar-refractivity contribution is 0.0510. The Morgan fingerprint density at radius 2 is 1.26 bits per heavy atom. The van der Waals surface area contributed by atoms with E-state index in [9.17, 15) is 0 Å². The monoisotopic (exact) mass is 326 g/mol. The molecule has 6 heteroatoms. The van der Waals surface area contributed by atoms with Crippen LogP contribution >= 0.6 is 25.3 Å². The predicted molar refractivity (Wildman–Crippen MR) is 90.6 cm³/mol. The number of hydrogen-bond acceptors (Lipinski definition) is 5. The molecule has 0 aliphatic carbocycles. The molecule has 1 unspecified atom stereocenters. The van der Waals surface area contributed by atoms with E-state index in [0.717, 1.165) is 37.2 Å². The minimum absolute atomic E-state index is 0.234. The smallest absolute Gasteiger partial charge is 0.373 e. The minimum Gasteiger partial charge on any atom is -0.373 e. The SMILES string of the molecule is CCCO[Si](OCCC)(OCCC)C(CS)CCS. The van der Waals surface area contributed by atoms with Gasteiger partial charge in [-0.1, -0.05) is 20.8 Å². The van der Waals surface area contributed by atoms with E-state index in [1.165, 1.54) is 0 Å². The molecule has 0 fully saturated rings. The van der Waals surface area contributed by atoms with Crippen LogP contribution < -0.4 is 0 Å². The Morgan fingerprint density at radius 3 is 1.53 bits per heavy atom. The lowest BCUT2D eigenvalue weighted by atomic mass is 10.4. The van der Waals surface area contributed by atoms with Crippen molar-refractivity contribution < 1.29 is 13.3 Å². The molecule has 3 nitrogen and oxygen atoms in total. The summed E-state index contributed by atoms with van der Waals surface area (Å²) in [6, 6.07) is 0. The topological polar surface area (TPSA) is 27.7 Å². The molecule has 0 radical (unpaired) electrons. The van der Waals surface area contributed by atoms with Crippen LogP contribution in [0, 0.1) is 0 Å². The Morgan fingerprint density at radius 1 is 0.842 bits per heavy atom. The Kier molecular flexibility index (Phi) is 13.1. The quantitative estimate of drug-likeness (QED) is 0.398. The summed E-state index contributed by atoms with van der Waals surface area (Å²) >= 11 is 8.81. The van der Waals surface area contributed by atoms with Gasteiger partial charge in [-0.05, 0) is 37.2 Å². The van der Waals surface area contributed by atoms with Gasteiger partial charge in [-0.15, -0.1) is 0 Å². The van der Waals surface area contributed by atoms with Gasteiger partial charge in [-0.3, -0.25) is 0 Å². The van der Waals surface area contributed by atoms with Gasteiger partial charge in [0.1, 0.15) is 0 Å². The highest BCUT2D eigenvalue weighted by atomic mass is 32.1. The molecule has 0 bridgehead atoms. The molecule has 0 rings (SSSR count). The summed E-state index contributed by atoms with van der Waals surface area (Å²) in [6.45, 7) is 8.39. The molecule has 0 aliphatic heterocycles. The van der Waals surface area contributed by atoms with E-state index in [1.54, 1.807) is 0 Å². The molecule has 0 aromatic carbocycles. The maximum absolute atomic E-state index is 6.10. The first-order valence-electron chi connectivity index (χ1n) is 7.34. The first-order valence-corrected chi connectivity index (χ1v) is 10.4. The van der Waals surface area contributed by atoms with E-state index < -0.39 is 8.80 Å². The molecule has 0 aliphatic rings. The lowest BCUT2D eigenvalue weighted by Crippen LogP contribution is -2.51. The van der Waals surface area contributed by atoms with Gasteiger partial charge in [0.2, 0.25) is 0 Å². The first-order chi connectivity index (χ1) is 9.20. The van der Waals surface area contributed by atoms with Crippen LogP contribution in [0.5, 0.6) is 0 Å². The highest BCUT2D eigenvalue weighted by molar-refractivity contribution is 7.80. The summed E-state index contributed by atoms with van der Waals surface area (Å²) in [6.07, 6.45) is 3.84. The summed E-state index contributed by atoms with van der Waals surface area (Å²) < 4.78 is 18.3. The van der Waals surface area contributed by atoms with Gasteiger partial charge in [0.05, 0.1) is 0 Å². The fourth-order valence-corrected chi connectivity index (χ4v) is 6.30. The molecule has 116 valence electrons. The van der Waals surface area contributed by atoms with Crippen LogP contribution in [0.2, 0.25) is 5.54 Å². The van der Waals surface area contributed by atoms with Crippen LogP contribution in [0.1, 0.15) is 46.5 Å². The predicted octanol–water partition coefficient (Wildman–Crippen LogP) is 3.83. The molecule has 19 heavy (non-hydrogen) atoms. The summed E-state index contributed by atoms with van der Waals surface area (Å²) in [5, 5.41) is 0. The molecule has 0 aromatic heterocycles. The second-order valence-electron chi connectivity index (χ2n) is 4.54. The first kappa shape index (κ1) is 19.8. The molecule has 0 N–H and O–H groups in total. The Bertz CT molecular complexity index is 187. The van der Waals surface area contributed by atoms with Crippen LogP contribution in [0.4, 0.5) is 0 Å². The summed E-state index contributed by atoms with van der Waals surface area (Å²) in [5.74, 6) is 1.53. The van der Waals surface area contributed by atoms with Crippen LogP contribution in [0.3, 0.4) is 0 Å². The average molecular weight is 327 g/mol. The Labute approximate surface area is 131 Å². The number of rotatable bonds is 13. The van der Waals surface area contributed by atoms with Gasteiger partial charge in [-0.25, -0.2) is 0 Å². The van der Waals surface area contributed by atoms with Crippen molar-refractivity contribution in [2.75, 3.05) is 31.3 Å². The minimum atomic E-state index is -2.63. The van der Waals surface area contributed by atoms with E-state index >= 15 is 0 Å². The van der Waals surface area contributed by atoms with Crippen LogP contribution in [0.25, 0.3) is 0 Å². The molecule has 0 saturated carbocycles. The van der Waals surface area contributed by atoms with Crippen LogP contribution in [-0.4, -0.2) is 40.1 Å². The maximum atomic E-state index is 6.10. The molecule has 1 atom stereocenters. The fourth-order valence-electron chi connectivity index (χ4n) is 1.75. The Hall–Kier alpha value is 0.797. The third-order valence-corrected chi connectivity index (χ3v) is 7.07. The van der Waals surface area contributed by atoms with Crippen LogP contribution in [-0.2, 0) is 13.3 Å². The van der Waals surface area contributed by atoms with Gasteiger partial charge >= 0.3 is 8.80 Å². The zero-order chi connectivity index (χ0) is 14.6. The standard InChI is InChI=1S/C13H30O3S2Si/c1-4-8-14-19(15-9-5-2,16-10-6-3)13(12-18)7-11-17/h13,17-18H,4-12H2,1-3H3. The van der Waals surface area contributed by atoms with Crippen LogP contribution in [0.15, 0.2) is 0 Å². The highest BCUT2D eigenvalue weighted by Gasteiger charge is 2.48. The fraction of sp³-hybridized carbons (Fsp3) is 1.00. The van der Waals surface area contributed by atoms with Crippen molar-refractivity contribution in [3.05, 3.63) is 0 Å². The molecule has 0 heterocycles. The second-order valence-corrected chi connectivity index (χ2v) is 8.24. The number of thiol groups is 2. The zero-order valence-corrected chi connectivity index (χ0v) is 15.3. The Balaban J connectivity index is 4.92. The van der Waals surface area contributed by atoms with Gasteiger partial charge in [0.15, 0.2) is 0 Å². The van der Waals surface area contributed by atoms with Crippen molar-refractivity contribution in [2.45, 2.75) is 52.0 Å². The van der Waals surface area contributed by atoms with E-state index in [0.29, 0.717) is 19.8 Å². The normalized spacial score (nSPS) is 13.7. The van der Waals surface area contributed by atoms with Gasteiger partial charge in [-0.2, -0.15) is 25.3 Å². The molecule has 0 saturated heterocycles.